The molecule has 0 spiro atoms. The van der Waals surface area contributed by atoms with Gasteiger partial charge >= 0.3 is 0 Å². The second kappa shape index (κ2) is 7.95. The summed E-state index contributed by atoms with van der Waals surface area (Å²) in [4.78, 5) is 0. The van der Waals surface area contributed by atoms with Crippen LogP contribution in [0.15, 0.2) is 30.3 Å². The Morgan fingerprint density at radius 2 is 1.76 bits per heavy atom. The molecular formula is C17H29NO2S. The highest BCUT2D eigenvalue weighted by Gasteiger charge is 2.29. The summed E-state index contributed by atoms with van der Waals surface area (Å²) in [7, 11) is -3.04. The minimum atomic E-state index is -3.04. The average molecular weight is 311 g/mol. The fraction of sp³-hybridized carbons (Fsp3) is 0.647. The molecule has 0 amide bonds. The first kappa shape index (κ1) is 18.2. The number of nitrogens with one attached hydrogen (secondary N) is 1. The molecule has 0 bridgehead atoms. The second-order valence-corrected chi connectivity index (χ2v) is 9.45. The lowest BCUT2D eigenvalue weighted by molar-refractivity contribution is 0.462. The van der Waals surface area contributed by atoms with Gasteiger partial charge in [0.05, 0.1) is 10.5 Å². The molecule has 0 aliphatic rings. The lowest BCUT2D eigenvalue weighted by Gasteiger charge is -2.22. The Balaban J connectivity index is 2.66. The van der Waals surface area contributed by atoms with Gasteiger partial charge in [-0.05, 0) is 58.2 Å². The SMILES string of the molecule is CCNCC(CCS(=O)(=O)C(C)(C)C)Cc1ccccc1. The van der Waals surface area contributed by atoms with Crippen LogP contribution in [0.25, 0.3) is 0 Å². The van der Waals surface area contributed by atoms with Crippen molar-refractivity contribution < 1.29 is 8.42 Å². The van der Waals surface area contributed by atoms with E-state index in [2.05, 4.69) is 24.4 Å². The quantitative estimate of drug-likeness (QED) is 0.802. The van der Waals surface area contributed by atoms with Crippen LogP contribution in [0.3, 0.4) is 0 Å². The minimum absolute atomic E-state index is 0.263. The third-order valence-corrected chi connectivity index (χ3v) is 6.42. The molecule has 1 aromatic rings. The largest absolute Gasteiger partial charge is 0.317 e. The topological polar surface area (TPSA) is 46.2 Å². The molecule has 21 heavy (non-hydrogen) atoms. The molecule has 120 valence electrons. The molecule has 3 nitrogen and oxygen atoms in total. The van der Waals surface area contributed by atoms with Crippen molar-refractivity contribution in [1.29, 1.82) is 0 Å². The molecule has 1 atom stereocenters. The van der Waals surface area contributed by atoms with E-state index in [0.717, 1.165) is 19.5 Å². The zero-order valence-electron chi connectivity index (χ0n) is 13.7. The monoisotopic (exact) mass is 311 g/mol. The van der Waals surface area contributed by atoms with Gasteiger partial charge in [0.25, 0.3) is 0 Å². The number of benzene rings is 1. The van der Waals surface area contributed by atoms with Crippen LogP contribution in [-0.4, -0.2) is 32.0 Å². The summed E-state index contributed by atoms with van der Waals surface area (Å²) in [5, 5.41) is 3.35. The van der Waals surface area contributed by atoms with E-state index >= 15 is 0 Å². The van der Waals surface area contributed by atoms with Gasteiger partial charge in [-0.15, -0.1) is 0 Å². The van der Waals surface area contributed by atoms with E-state index in [9.17, 15) is 8.42 Å². The van der Waals surface area contributed by atoms with Crippen molar-refractivity contribution in [1.82, 2.24) is 5.32 Å². The third kappa shape index (κ3) is 6.18. The summed E-state index contributed by atoms with van der Waals surface area (Å²) in [6, 6.07) is 10.3. The van der Waals surface area contributed by atoms with E-state index in [4.69, 9.17) is 0 Å². The van der Waals surface area contributed by atoms with Crippen molar-refractivity contribution in [3.05, 3.63) is 35.9 Å². The number of hydrogen-bond donors (Lipinski definition) is 1. The smallest absolute Gasteiger partial charge is 0.155 e. The van der Waals surface area contributed by atoms with Crippen molar-refractivity contribution in [2.75, 3.05) is 18.8 Å². The number of sulfone groups is 1. The van der Waals surface area contributed by atoms with Gasteiger partial charge < -0.3 is 5.32 Å². The Labute approximate surface area is 130 Å². The molecular weight excluding hydrogens is 282 g/mol. The first-order valence-electron chi connectivity index (χ1n) is 7.73. The van der Waals surface area contributed by atoms with Gasteiger partial charge in [-0.2, -0.15) is 0 Å². The van der Waals surface area contributed by atoms with Crippen LogP contribution in [0.1, 0.15) is 39.7 Å². The fourth-order valence-electron chi connectivity index (χ4n) is 2.20. The molecule has 0 saturated carbocycles. The Hall–Kier alpha value is -0.870. The maximum atomic E-state index is 12.3. The average Bonchev–Trinajstić information content (AvgIpc) is 2.42. The highest BCUT2D eigenvalue weighted by atomic mass is 32.2. The number of hydrogen-bond acceptors (Lipinski definition) is 3. The Kier molecular flexibility index (Phi) is 6.88. The van der Waals surface area contributed by atoms with Crippen LogP contribution in [-0.2, 0) is 16.3 Å². The summed E-state index contributed by atoms with van der Waals surface area (Å²) in [6.07, 6.45) is 1.63. The van der Waals surface area contributed by atoms with E-state index in [-0.39, 0.29) is 5.75 Å². The Morgan fingerprint density at radius 3 is 2.29 bits per heavy atom. The number of rotatable bonds is 8. The molecule has 4 heteroatoms. The maximum absolute atomic E-state index is 12.3. The fourth-order valence-corrected chi connectivity index (χ4v) is 3.46. The van der Waals surface area contributed by atoms with E-state index < -0.39 is 14.6 Å². The molecule has 1 unspecified atom stereocenters. The highest BCUT2D eigenvalue weighted by molar-refractivity contribution is 7.92. The normalized spacial score (nSPS) is 14.1. The van der Waals surface area contributed by atoms with Gasteiger partial charge in [-0.25, -0.2) is 8.42 Å². The van der Waals surface area contributed by atoms with Crippen molar-refractivity contribution in [3.63, 3.8) is 0 Å². The molecule has 0 radical (unpaired) electrons. The van der Waals surface area contributed by atoms with E-state index in [1.165, 1.54) is 5.56 Å². The van der Waals surface area contributed by atoms with Crippen molar-refractivity contribution in [2.24, 2.45) is 5.92 Å². The summed E-state index contributed by atoms with van der Waals surface area (Å²) in [6.45, 7) is 9.18. The Bertz CT molecular complexity index is 503. The lowest BCUT2D eigenvalue weighted by Crippen LogP contribution is -2.33. The summed E-state index contributed by atoms with van der Waals surface area (Å²) < 4.78 is 23.9. The predicted octanol–water partition coefficient (Wildman–Crippen LogP) is 3.06. The van der Waals surface area contributed by atoms with E-state index in [1.807, 2.05) is 18.2 Å². The first-order valence-corrected chi connectivity index (χ1v) is 9.38. The van der Waals surface area contributed by atoms with Gasteiger partial charge in [-0.1, -0.05) is 37.3 Å². The van der Waals surface area contributed by atoms with E-state index in [1.54, 1.807) is 20.8 Å². The standard InChI is InChI=1S/C17H29NO2S/c1-5-18-14-16(13-15-9-7-6-8-10-15)11-12-21(19,20)17(2,3)4/h6-10,16,18H,5,11-14H2,1-4H3. The van der Waals surface area contributed by atoms with Crippen LogP contribution in [0.5, 0.6) is 0 Å². The molecule has 0 heterocycles. The predicted molar refractivity (Wildman–Crippen MR) is 90.3 cm³/mol. The van der Waals surface area contributed by atoms with Crippen molar-refractivity contribution in [2.45, 2.75) is 45.3 Å². The minimum Gasteiger partial charge on any atom is -0.317 e. The van der Waals surface area contributed by atoms with Crippen LogP contribution in [0, 0.1) is 5.92 Å². The van der Waals surface area contributed by atoms with Crippen LogP contribution < -0.4 is 5.32 Å². The summed E-state index contributed by atoms with van der Waals surface area (Å²) in [5.74, 6) is 0.615. The molecule has 0 saturated heterocycles. The second-order valence-electron chi connectivity index (χ2n) is 6.58. The molecule has 0 fully saturated rings. The van der Waals surface area contributed by atoms with Gasteiger partial charge in [0.15, 0.2) is 9.84 Å². The van der Waals surface area contributed by atoms with Crippen LogP contribution in [0.2, 0.25) is 0 Å². The van der Waals surface area contributed by atoms with Crippen molar-refractivity contribution in [3.8, 4) is 0 Å². The highest BCUT2D eigenvalue weighted by Crippen LogP contribution is 2.20. The molecule has 1 aromatic carbocycles. The molecule has 1 N–H and O–H groups in total. The van der Waals surface area contributed by atoms with Gasteiger partial charge in [0.1, 0.15) is 0 Å². The van der Waals surface area contributed by atoms with Crippen LogP contribution in [0.4, 0.5) is 0 Å². The lowest BCUT2D eigenvalue weighted by atomic mass is 9.97. The summed E-state index contributed by atoms with van der Waals surface area (Å²) >= 11 is 0. The van der Waals surface area contributed by atoms with Gasteiger partial charge in [-0.3, -0.25) is 0 Å². The molecule has 0 aliphatic carbocycles. The van der Waals surface area contributed by atoms with Gasteiger partial charge in [0.2, 0.25) is 0 Å². The first-order chi connectivity index (χ1) is 9.76. The third-order valence-electron chi connectivity index (χ3n) is 3.78. The van der Waals surface area contributed by atoms with Crippen molar-refractivity contribution >= 4 is 9.84 Å². The zero-order chi connectivity index (χ0) is 15.9. The molecule has 0 aliphatic heterocycles. The zero-order valence-corrected chi connectivity index (χ0v) is 14.5. The van der Waals surface area contributed by atoms with E-state index in [0.29, 0.717) is 12.3 Å². The molecule has 0 aromatic heterocycles. The maximum Gasteiger partial charge on any atom is 0.155 e. The molecule has 1 rings (SSSR count). The Morgan fingerprint density at radius 1 is 1.14 bits per heavy atom. The summed E-state index contributed by atoms with van der Waals surface area (Å²) in [5.41, 5.74) is 1.27. The van der Waals surface area contributed by atoms with Crippen LogP contribution >= 0.6 is 0 Å². The van der Waals surface area contributed by atoms with Gasteiger partial charge in [0, 0.05) is 0 Å².